The molecule has 1 heterocycles. The number of amides is 1. The number of nitrogens with one attached hydrogen (secondary N) is 2. The Morgan fingerprint density at radius 2 is 2.07 bits per heavy atom. The number of para-hydroxylation sites is 1. The average Bonchev–Trinajstić information content (AvgIpc) is 2.73. The van der Waals surface area contributed by atoms with Crippen LogP contribution in [0.2, 0.25) is 0 Å². The fraction of sp³-hybridized carbons (Fsp3) is 0.381. The zero-order chi connectivity index (χ0) is 18.9. The molecule has 0 unspecified atom stereocenters. The molecule has 0 spiro atoms. The van der Waals surface area contributed by atoms with Crippen LogP contribution in [0.25, 0.3) is 0 Å². The van der Waals surface area contributed by atoms with E-state index in [2.05, 4.69) is 26.7 Å². The van der Waals surface area contributed by atoms with E-state index >= 15 is 0 Å². The lowest BCUT2D eigenvalue weighted by Gasteiger charge is -2.13. The van der Waals surface area contributed by atoms with E-state index in [0.717, 1.165) is 30.6 Å². The molecule has 0 radical (unpaired) electrons. The van der Waals surface area contributed by atoms with Gasteiger partial charge in [0, 0.05) is 18.7 Å². The molecule has 0 saturated heterocycles. The number of allylic oxidation sites excluding steroid dienone is 1. The molecule has 0 bridgehead atoms. The predicted molar refractivity (Wildman–Crippen MR) is 106 cm³/mol. The van der Waals surface area contributed by atoms with Crippen LogP contribution in [-0.2, 0) is 6.54 Å². The Balaban J connectivity index is 1.47. The van der Waals surface area contributed by atoms with Gasteiger partial charge in [0.1, 0.15) is 17.3 Å². The Bertz CT molecular complexity index is 787. The van der Waals surface area contributed by atoms with Gasteiger partial charge in [0.15, 0.2) is 0 Å². The first-order valence-electron chi connectivity index (χ1n) is 9.40. The quantitative estimate of drug-likeness (QED) is 0.697. The van der Waals surface area contributed by atoms with Crippen molar-refractivity contribution >= 4 is 11.7 Å². The smallest absolute Gasteiger partial charge is 0.271 e. The van der Waals surface area contributed by atoms with Crippen LogP contribution in [0.3, 0.4) is 0 Å². The summed E-state index contributed by atoms with van der Waals surface area (Å²) in [6, 6.07) is 7.80. The van der Waals surface area contributed by atoms with Gasteiger partial charge in [0.05, 0.1) is 19.5 Å². The maximum absolute atomic E-state index is 12.2. The minimum Gasteiger partial charge on any atom is -0.496 e. The minimum absolute atomic E-state index is 0.185. The summed E-state index contributed by atoms with van der Waals surface area (Å²) in [6.45, 7) is 1.21. The first-order valence-corrected chi connectivity index (χ1v) is 9.40. The van der Waals surface area contributed by atoms with Crippen molar-refractivity contribution in [3.05, 3.63) is 59.6 Å². The van der Waals surface area contributed by atoms with Gasteiger partial charge in [0.25, 0.3) is 5.91 Å². The molecule has 0 atom stereocenters. The maximum atomic E-state index is 12.2. The third-order valence-electron chi connectivity index (χ3n) is 4.65. The number of rotatable bonds is 8. The normalized spacial score (nSPS) is 13.6. The molecule has 1 aromatic carbocycles. The van der Waals surface area contributed by atoms with Gasteiger partial charge in [-0.2, -0.15) is 0 Å². The molecule has 0 aliphatic heterocycles. The van der Waals surface area contributed by atoms with Crippen molar-refractivity contribution in [2.24, 2.45) is 0 Å². The Morgan fingerprint density at radius 3 is 2.81 bits per heavy atom. The molecule has 1 aromatic heterocycles. The Hall–Kier alpha value is -2.89. The summed E-state index contributed by atoms with van der Waals surface area (Å²) in [5.74, 6) is 1.25. The summed E-state index contributed by atoms with van der Waals surface area (Å²) < 4.78 is 5.33. The van der Waals surface area contributed by atoms with Gasteiger partial charge in [0.2, 0.25) is 0 Å². The molecular weight excluding hydrogens is 340 g/mol. The van der Waals surface area contributed by atoms with Crippen molar-refractivity contribution in [2.75, 3.05) is 19.0 Å². The Morgan fingerprint density at radius 1 is 1.19 bits per heavy atom. The Labute approximate surface area is 160 Å². The second-order valence-corrected chi connectivity index (χ2v) is 6.57. The van der Waals surface area contributed by atoms with Gasteiger partial charge >= 0.3 is 0 Å². The SMILES string of the molecule is COc1ccccc1CNc1cnc(C(=O)NCCC2=CCCCC2)cn1. The highest BCUT2D eigenvalue weighted by Crippen LogP contribution is 2.20. The van der Waals surface area contributed by atoms with E-state index in [4.69, 9.17) is 4.74 Å². The van der Waals surface area contributed by atoms with Crippen molar-refractivity contribution < 1.29 is 9.53 Å². The lowest BCUT2D eigenvalue weighted by atomic mass is 9.97. The Kier molecular flexibility index (Phi) is 6.79. The molecule has 1 aliphatic rings. The highest BCUT2D eigenvalue weighted by atomic mass is 16.5. The summed E-state index contributed by atoms with van der Waals surface area (Å²) in [4.78, 5) is 20.7. The second-order valence-electron chi connectivity index (χ2n) is 6.57. The highest BCUT2D eigenvalue weighted by Gasteiger charge is 2.09. The van der Waals surface area contributed by atoms with Gasteiger partial charge < -0.3 is 15.4 Å². The van der Waals surface area contributed by atoms with E-state index in [1.807, 2.05) is 24.3 Å². The number of aromatic nitrogens is 2. The third-order valence-corrected chi connectivity index (χ3v) is 4.65. The number of carbonyl (C=O) groups is 1. The number of benzene rings is 1. The molecule has 0 fully saturated rings. The summed E-state index contributed by atoms with van der Waals surface area (Å²) in [7, 11) is 1.65. The van der Waals surface area contributed by atoms with E-state index < -0.39 is 0 Å². The van der Waals surface area contributed by atoms with Gasteiger partial charge in [-0.05, 0) is 38.2 Å². The minimum atomic E-state index is -0.185. The molecule has 6 nitrogen and oxygen atoms in total. The number of hydrogen-bond acceptors (Lipinski definition) is 5. The monoisotopic (exact) mass is 366 g/mol. The lowest BCUT2D eigenvalue weighted by molar-refractivity contribution is 0.0948. The molecule has 2 aromatic rings. The average molecular weight is 366 g/mol. The van der Waals surface area contributed by atoms with Crippen LogP contribution >= 0.6 is 0 Å². The van der Waals surface area contributed by atoms with Crippen LogP contribution in [0.5, 0.6) is 5.75 Å². The van der Waals surface area contributed by atoms with Crippen LogP contribution < -0.4 is 15.4 Å². The maximum Gasteiger partial charge on any atom is 0.271 e. The largest absolute Gasteiger partial charge is 0.496 e. The number of hydrogen-bond donors (Lipinski definition) is 2. The van der Waals surface area contributed by atoms with E-state index in [1.165, 1.54) is 24.6 Å². The second kappa shape index (κ2) is 9.71. The number of anilines is 1. The molecule has 1 amide bonds. The van der Waals surface area contributed by atoms with Gasteiger partial charge in [-0.15, -0.1) is 0 Å². The van der Waals surface area contributed by atoms with Gasteiger partial charge in [-0.25, -0.2) is 9.97 Å². The topological polar surface area (TPSA) is 76.1 Å². The first kappa shape index (κ1) is 18.9. The van der Waals surface area contributed by atoms with Gasteiger partial charge in [-0.3, -0.25) is 4.79 Å². The van der Waals surface area contributed by atoms with Crippen molar-refractivity contribution in [3.8, 4) is 5.75 Å². The van der Waals surface area contributed by atoms with E-state index in [-0.39, 0.29) is 5.91 Å². The van der Waals surface area contributed by atoms with Gasteiger partial charge in [-0.1, -0.05) is 29.8 Å². The summed E-state index contributed by atoms with van der Waals surface area (Å²) in [6.07, 6.45) is 11.2. The lowest BCUT2D eigenvalue weighted by Crippen LogP contribution is -2.26. The molecule has 3 rings (SSSR count). The van der Waals surface area contributed by atoms with Crippen molar-refractivity contribution in [3.63, 3.8) is 0 Å². The van der Waals surface area contributed by atoms with Crippen molar-refractivity contribution in [1.82, 2.24) is 15.3 Å². The zero-order valence-corrected chi connectivity index (χ0v) is 15.7. The molecule has 1 aliphatic carbocycles. The molecular formula is C21H26N4O2. The molecule has 142 valence electrons. The van der Waals surface area contributed by atoms with E-state index in [1.54, 1.807) is 13.3 Å². The van der Waals surface area contributed by atoms with Crippen LogP contribution in [0.15, 0.2) is 48.3 Å². The van der Waals surface area contributed by atoms with E-state index in [9.17, 15) is 4.79 Å². The van der Waals surface area contributed by atoms with Crippen LogP contribution in [0.4, 0.5) is 5.82 Å². The van der Waals surface area contributed by atoms with Crippen molar-refractivity contribution in [2.45, 2.75) is 38.6 Å². The number of nitrogens with zero attached hydrogens (tertiary/aromatic N) is 2. The van der Waals surface area contributed by atoms with Crippen molar-refractivity contribution in [1.29, 1.82) is 0 Å². The highest BCUT2D eigenvalue weighted by molar-refractivity contribution is 5.91. The summed E-state index contributed by atoms with van der Waals surface area (Å²) >= 11 is 0. The molecule has 27 heavy (non-hydrogen) atoms. The fourth-order valence-electron chi connectivity index (χ4n) is 3.13. The summed E-state index contributed by atoms with van der Waals surface area (Å²) in [5, 5.41) is 6.11. The number of carbonyl (C=O) groups excluding carboxylic acids is 1. The molecule has 0 saturated carbocycles. The third kappa shape index (κ3) is 5.54. The standard InChI is InChI=1S/C21H26N4O2/c1-27-19-10-6-5-9-17(19)13-24-20-15-23-18(14-25-20)21(26)22-12-11-16-7-3-2-4-8-16/h5-7,9-10,14-15H,2-4,8,11-13H2,1H3,(H,22,26)(H,24,25). The summed E-state index contributed by atoms with van der Waals surface area (Å²) in [5.41, 5.74) is 2.81. The van der Waals surface area contributed by atoms with E-state index in [0.29, 0.717) is 24.6 Å². The van der Waals surface area contributed by atoms with Crippen LogP contribution in [0.1, 0.15) is 48.2 Å². The predicted octanol–water partition coefficient (Wildman–Crippen LogP) is 3.72. The zero-order valence-electron chi connectivity index (χ0n) is 15.7. The van der Waals surface area contributed by atoms with Crippen LogP contribution in [-0.4, -0.2) is 29.5 Å². The number of methoxy groups -OCH3 is 1. The first-order chi connectivity index (χ1) is 13.3. The fourth-order valence-corrected chi connectivity index (χ4v) is 3.13. The molecule has 2 N–H and O–H groups in total. The van der Waals surface area contributed by atoms with Crippen LogP contribution in [0, 0.1) is 0 Å². The molecule has 6 heteroatoms. The number of ether oxygens (including phenoxy) is 1.